The van der Waals surface area contributed by atoms with E-state index in [4.69, 9.17) is 9.72 Å². The Labute approximate surface area is 343 Å². The third-order valence-corrected chi connectivity index (χ3v) is 10.8. The number of hydrogen-bond acceptors (Lipinski definition) is 4. The molecule has 2 heterocycles. The molecular weight excluding hydrogens is 721 g/mol. The number of benzene rings is 8. The van der Waals surface area contributed by atoms with Crippen molar-refractivity contribution in [2.24, 2.45) is 0 Å². The van der Waals surface area contributed by atoms with Crippen molar-refractivity contribution in [3.05, 3.63) is 218 Å². The number of fused-ring (bicyclic) bond motifs is 3. The van der Waals surface area contributed by atoms with E-state index in [1.165, 1.54) is 5.39 Å². The van der Waals surface area contributed by atoms with Gasteiger partial charge in [0.25, 0.3) is 0 Å². The molecule has 0 saturated heterocycles. The van der Waals surface area contributed by atoms with Crippen LogP contribution in [0, 0.1) is 6.92 Å². The van der Waals surface area contributed by atoms with Crippen molar-refractivity contribution < 1.29 is 4.74 Å². The molecule has 0 radical (unpaired) electrons. The smallest absolute Gasteiger partial charge is 0.137 e. The number of nitrogens with one attached hydrogen (secondary N) is 2. The van der Waals surface area contributed by atoms with E-state index in [2.05, 4.69) is 198 Å². The minimum Gasteiger partial charge on any atom is -0.457 e. The molecule has 2 aromatic heterocycles. The molecule has 0 unspecified atom stereocenters. The number of hydrogen-bond donors (Lipinski definition) is 2. The summed E-state index contributed by atoms with van der Waals surface area (Å²) in [5.74, 6) is 2.33. The molecule has 2 N–H and O–H groups in total. The molecule has 0 amide bonds. The van der Waals surface area contributed by atoms with Crippen LogP contribution >= 0.6 is 0 Å². The first kappa shape index (κ1) is 35.5. The molecule has 0 bridgehead atoms. The van der Waals surface area contributed by atoms with Crippen molar-refractivity contribution in [3.8, 4) is 50.7 Å². The van der Waals surface area contributed by atoms with Gasteiger partial charge in [0.15, 0.2) is 0 Å². The Kier molecular flexibility index (Phi) is 9.37. The number of aryl methyl sites for hydroxylation is 1. The topological polar surface area (TPSA) is 51.1 Å². The first-order valence-electron chi connectivity index (χ1n) is 19.9. The average Bonchev–Trinajstić information content (AvgIpc) is 3.61. The fraction of sp³-hybridized carbons (Fsp3) is 0.0185. The average molecular weight is 761 g/mol. The van der Waals surface area contributed by atoms with E-state index < -0.39 is 0 Å². The van der Waals surface area contributed by atoms with E-state index in [9.17, 15) is 0 Å². The molecule has 0 aliphatic heterocycles. The fourth-order valence-electron chi connectivity index (χ4n) is 8.01. The SMILES string of the molecule is Cc1cc(-n2c3ccccc3c3ccc(Oc4cccc(Nc5ccccc5Nc5c(-c6ccccc6)cccc5-c5ccccc5)c4)cc32)ncc1-c1ccccc1. The van der Waals surface area contributed by atoms with E-state index in [0.717, 1.165) is 95.4 Å². The summed E-state index contributed by atoms with van der Waals surface area (Å²) in [6.45, 7) is 2.15. The van der Waals surface area contributed by atoms with Gasteiger partial charge in [0.2, 0.25) is 0 Å². The highest BCUT2D eigenvalue weighted by molar-refractivity contribution is 6.09. The number of rotatable bonds is 10. The van der Waals surface area contributed by atoms with Crippen LogP contribution < -0.4 is 15.4 Å². The second kappa shape index (κ2) is 15.6. The molecule has 5 nitrogen and oxygen atoms in total. The largest absolute Gasteiger partial charge is 0.457 e. The standard InChI is InChI=1S/C54H40N4O/c1-37-33-53(55-36-48(37)40-21-9-4-10-22-40)58-51-30-14-11-25-46(51)47-32-31-43(35-52(47)58)59-42-24-15-23-41(34-42)56-49-28-12-13-29-50(49)57-54-44(38-17-5-2-6-18-38)26-16-27-45(54)39-19-7-3-8-20-39/h2-36,56-57H,1H3. The molecule has 8 aromatic carbocycles. The van der Waals surface area contributed by atoms with Gasteiger partial charge in [-0.05, 0) is 77.7 Å². The van der Waals surface area contributed by atoms with Gasteiger partial charge in [0.1, 0.15) is 17.3 Å². The highest BCUT2D eigenvalue weighted by atomic mass is 16.5. The van der Waals surface area contributed by atoms with Gasteiger partial charge in [0.05, 0.1) is 28.1 Å². The monoisotopic (exact) mass is 760 g/mol. The Morgan fingerprint density at radius 3 is 1.68 bits per heavy atom. The van der Waals surface area contributed by atoms with Crippen LogP contribution in [-0.4, -0.2) is 9.55 Å². The van der Waals surface area contributed by atoms with Crippen LogP contribution in [0.15, 0.2) is 212 Å². The Balaban J connectivity index is 0.964. The van der Waals surface area contributed by atoms with Crippen LogP contribution in [0.3, 0.4) is 0 Å². The Bertz CT molecular complexity index is 3030. The lowest BCUT2D eigenvalue weighted by atomic mass is 9.95. The quantitative estimate of drug-likeness (QED) is 0.146. The van der Waals surface area contributed by atoms with Gasteiger partial charge in [-0.15, -0.1) is 0 Å². The summed E-state index contributed by atoms with van der Waals surface area (Å²) in [6.07, 6.45) is 1.98. The van der Waals surface area contributed by atoms with Gasteiger partial charge in [0, 0.05) is 51.5 Å². The van der Waals surface area contributed by atoms with Gasteiger partial charge in [-0.1, -0.05) is 146 Å². The van der Waals surface area contributed by atoms with E-state index in [1.54, 1.807) is 0 Å². The van der Waals surface area contributed by atoms with E-state index >= 15 is 0 Å². The molecule has 0 saturated carbocycles. The number of nitrogens with zero attached hydrogens (tertiary/aromatic N) is 2. The van der Waals surface area contributed by atoms with Crippen molar-refractivity contribution in [1.29, 1.82) is 0 Å². The van der Waals surface area contributed by atoms with Crippen LogP contribution in [-0.2, 0) is 0 Å². The van der Waals surface area contributed by atoms with Crippen LogP contribution in [0.25, 0.3) is 61.0 Å². The van der Waals surface area contributed by atoms with Crippen molar-refractivity contribution >= 4 is 44.6 Å². The lowest BCUT2D eigenvalue weighted by Gasteiger charge is -2.20. The van der Waals surface area contributed by atoms with E-state index in [0.29, 0.717) is 0 Å². The minimum atomic E-state index is 0.726. The third kappa shape index (κ3) is 7.07. The molecule has 0 atom stereocenters. The Morgan fingerprint density at radius 1 is 0.441 bits per heavy atom. The Morgan fingerprint density at radius 2 is 1.00 bits per heavy atom. The number of anilines is 4. The normalized spacial score (nSPS) is 11.1. The Hall–Kier alpha value is -7.89. The van der Waals surface area contributed by atoms with Gasteiger partial charge < -0.3 is 15.4 Å². The minimum absolute atomic E-state index is 0.726. The molecule has 0 spiro atoms. The third-order valence-electron chi connectivity index (χ3n) is 10.8. The maximum absolute atomic E-state index is 6.62. The first-order valence-corrected chi connectivity index (χ1v) is 19.9. The zero-order valence-corrected chi connectivity index (χ0v) is 32.5. The zero-order chi connectivity index (χ0) is 39.5. The van der Waals surface area contributed by atoms with Crippen LogP contribution in [0.2, 0.25) is 0 Å². The molecule has 10 aromatic rings. The highest BCUT2D eigenvalue weighted by Crippen LogP contribution is 2.41. The fourth-order valence-corrected chi connectivity index (χ4v) is 8.01. The van der Waals surface area contributed by atoms with Crippen molar-refractivity contribution in [2.75, 3.05) is 10.6 Å². The summed E-state index contributed by atoms with van der Waals surface area (Å²) in [6, 6.07) is 71.4. The summed E-state index contributed by atoms with van der Waals surface area (Å²) < 4.78 is 8.85. The summed E-state index contributed by atoms with van der Waals surface area (Å²) in [7, 11) is 0. The molecule has 282 valence electrons. The molecule has 5 heteroatoms. The second-order valence-corrected chi connectivity index (χ2v) is 14.6. The lowest BCUT2D eigenvalue weighted by Crippen LogP contribution is -2.01. The molecular formula is C54H40N4O. The second-order valence-electron chi connectivity index (χ2n) is 14.6. The van der Waals surface area contributed by atoms with E-state index in [-0.39, 0.29) is 0 Å². The molecule has 59 heavy (non-hydrogen) atoms. The lowest BCUT2D eigenvalue weighted by molar-refractivity contribution is 0.483. The molecule has 0 aliphatic carbocycles. The van der Waals surface area contributed by atoms with Gasteiger partial charge in [-0.2, -0.15) is 0 Å². The summed E-state index contributed by atoms with van der Waals surface area (Å²) in [5.41, 5.74) is 14.0. The summed E-state index contributed by atoms with van der Waals surface area (Å²) >= 11 is 0. The predicted molar refractivity (Wildman–Crippen MR) is 246 cm³/mol. The number of aromatic nitrogens is 2. The van der Waals surface area contributed by atoms with Gasteiger partial charge >= 0.3 is 0 Å². The number of ether oxygens (including phenoxy) is 1. The first-order chi connectivity index (χ1) is 29.2. The summed E-state index contributed by atoms with van der Waals surface area (Å²) in [4.78, 5) is 5.01. The van der Waals surface area contributed by atoms with Crippen molar-refractivity contribution in [1.82, 2.24) is 9.55 Å². The number of pyridine rings is 1. The molecule has 0 fully saturated rings. The van der Waals surface area contributed by atoms with Gasteiger partial charge in [-0.25, -0.2) is 4.98 Å². The maximum atomic E-state index is 6.62. The van der Waals surface area contributed by atoms with Crippen LogP contribution in [0.4, 0.5) is 22.7 Å². The zero-order valence-electron chi connectivity index (χ0n) is 32.5. The van der Waals surface area contributed by atoms with Crippen LogP contribution in [0.5, 0.6) is 11.5 Å². The highest BCUT2D eigenvalue weighted by Gasteiger charge is 2.17. The van der Waals surface area contributed by atoms with Crippen molar-refractivity contribution in [2.45, 2.75) is 6.92 Å². The number of para-hydroxylation sites is 4. The molecule has 10 rings (SSSR count). The predicted octanol–water partition coefficient (Wildman–Crippen LogP) is 14.8. The van der Waals surface area contributed by atoms with Crippen LogP contribution in [0.1, 0.15) is 5.56 Å². The van der Waals surface area contributed by atoms with Crippen molar-refractivity contribution in [3.63, 3.8) is 0 Å². The van der Waals surface area contributed by atoms with Gasteiger partial charge in [-0.3, -0.25) is 4.57 Å². The van der Waals surface area contributed by atoms with E-state index in [1.807, 2.05) is 36.5 Å². The maximum Gasteiger partial charge on any atom is 0.137 e. The molecule has 0 aliphatic rings. The summed E-state index contributed by atoms with van der Waals surface area (Å²) in [5, 5.41) is 9.83.